The maximum absolute atomic E-state index is 5.79. The van der Waals surface area contributed by atoms with Crippen LogP contribution in [0.1, 0.15) is 36.5 Å². The molecule has 3 rings (SSSR count). The summed E-state index contributed by atoms with van der Waals surface area (Å²) in [6.07, 6.45) is 2.64. The van der Waals surface area contributed by atoms with Crippen molar-refractivity contribution in [3.05, 3.63) is 65.2 Å². The standard InChI is InChI=1S/C21H26N2S/c1-15-9-12-20(16(2)13-15)22-21(24)23(17(3)19-10-11-19)14-18-7-5-4-6-8-18/h4-9,12-13,17,19H,10-11,14H2,1-3H3,(H,22,24)/t17-/m0/s1. The maximum atomic E-state index is 5.79. The Labute approximate surface area is 150 Å². The molecule has 2 aromatic carbocycles. The second-order valence-corrected chi connectivity index (χ2v) is 7.33. The van der Waals surface area contributed by atoms with E-state index in [1.165, 1.54) is 29.5 Å². The number of rotatable bonds is 5. The Morgan fingerprint density at radius 3 is 2.50 bits per heavy atom. The van der Waals surface area contributed by atoms with Gasteiger partial charge in [0.15, 0.2) is 5.11 Å². The van der Waals surface area contributed by atoms with E-state index in [1.807, 2.05) is 0 Å². The summed E-state index contributed by atoms with van der Waals surface area (Å²) in [5.74, 6) is 0.771. The molecule has 0 aromatic heterocycles. The van der Waals surface area contributed by atoms with Crippen LogP contribution in [-0.2, 0) is 6.54 Å². The summed E-state index contributed by atoms with van der Waals surface area (Å²) in [6, 6.07) is 17.5. The third kappa shape index (κ3) is 4.15. The predicted molar refractivity (Wildman–Crippen MR) is 106 cm³/mol. The Bertz CT molecular complexity index is 707. The Morgan fingerprint density at radius 2 is 1.88 bits per heavy atom. The molecule has 1 aliphatic carbocycles. The van der Waals surface area contributed by atoms with Crippen LogP contribution in [-0.4, -0.2) is 16.1 Å². The summed E-state index contributed by atoms with van der Waals surface area (Å²) < 4.78 is 0. The van der Waals surface area contributed by atoms with Crippen LogP contribution in [0.3, 0.4) is 0 Å². The zero-order valence-corrected chi connectivity index (χ0v) is 15.6. The zero-order chi connectivity index (χ0) is 17.1. The van der Waals surface area contributed by atoms with E-state index >= 15 is 0 Å². The highest BCUT2D eigenvalue weighted by molar-refractivity contribution is 7.80. The van der Waals surface area contributed by atoms with Gasteiger partial charge in [0.05, 0.1) is 0 Å². The van der Waals surface area contributed by atoms with Crippen molar-refractivity contribution >= 4 is 23.0 Å². The number of aryl methyl sites for hydroxylation is 2. The van der Waals surface area contributed by atoms with Gasteiger partial charge in [0.25, 0.3) is 0 Å². The van der Waals surface area contributed by atoms with Crippen LogP contribution >= 0.6 is 12.2 Å². The van der Waals surface area contributed by atoms with Crippen LogP contribution in [0.5, 0.6) is 0 Å². The van der Waals surface area contributed by atoms with E-state index < -0.39 is 0 Å². The van der Waals surface area contributed by atoms with Crippen molar-refractivity contribution in [3.63, 3.8) is 0 Å². The van der Waals surface area contributed by atoms with Crippen molar-refractivity contribution in [3.8, 4) is 0 Å². The van der Waals surface area contributed by atoms with Crippen LogP contribution < -0.4 is 5.32 Å². The van der Waals surface area contributed by atoms with Gasteiger partial charge in [0.2, 0.25) is 0 Å². The average Bonchev–Trinajstić information content (AvgIpc) is 3.40. The molecule has 1 saturated carbocycles. The third-order valence-electron chi connectivity index (χ3n) is 4.88. The molecular weight excluding hydrogens is 312 g/mol. The quantitative estimate of drug-likeness (QED) is 0.745. The smallest absolute Gasteiger partial charge is 0.173 e. The Kier molecular flexibility index (Phi) is 5.20. The van der Waals surface area contributed by atoms with Crippen molar-refractivity contribution in [1.29, 1.82) is 0 Å². The minimum atomic E-state index is 0.468. The largest absolute Gasteiger partial charge is 0.342 e. The molecule has 1 aliphatic rings. The SMILES string of the molecule is Cc1ccc(NC(=S)N(Cc2ccccc2)[C@@H](C)C2CC2)c(C)c1. The van der Waals surface area contributed by atoms with E-state index in [1.54, 1.807) is 0 Å². The summed E-state index contributed by atoms with van der Waals surface area (Å²) in [5.41, 5.74) is 4.91. The molecule has 0 spiro atoms. The van der Waals surface area contributed by atoms with Gasteiger partial charge in [-0.15, -0.1) is 0 Å². The Balaban J connectivity index is 1.77. The van der Waals surface area contributed by atoms with Crippen LogP contribution in [0.2, 0.25) is 0 Å². The van der Waals surface area contributed by atoms with Crippen LogP contribution in [0.4, 0.5) is 5.69 Å². The maximum Gasteiger partial charge on any atom is 0.173 e. The number of nitrogens with one attached hydrogen (secondary N) is 1. The lowest BCUT2D eigenvalue weighted by Gasteiger charge is -2.32. The number of benzene rings is 2. The number of hydrogen-bond donors (Lipinski definition) is 1. The minimum Gasteiger partial charge on any atom is -0.342 e. The number of anilines is 1. The molecule has 1 fully saturated rings. The van der Waals surface area contributed by atoms with Gasteiger partial charge in [-0.05, 0) is 68.9 Å². The van der Waals surface area contributed by atoms with Crippen molar-refractivity contribution in [1.82, 2.24) is 4.90 Å². The lowest BCUT2D eigenvalue weighted by Crippen LogP contribution is -2.42. The monoisotopic (exact) mass is 338 g/mol. The molecular formula is C21H26N2S. The normalized spacial score (nSPS) is 15.0. The van der Waals surface area contributed by atoms with E-state index in [2.05, 4.69) is 79.5 Å². The van der Waals surface area contributed by atoms with Gasteiger partial charge in [-0.1, -0.05) is 48.0 Å². The second kappa shape index (κ2) is 7.35. The van der Waals surface area contributed by atoms with Crippen molar-refractivity contribution in [2.45, 2.75) is 46.2 Å². The molecule has 126 valence electrons. The van der Waals surface area contributed by atoms with Gasteiger partial charge in [-0.2, -0.15) is 0 Å². The van der Waals surface area contributed by atoms with Crippen molar-refractivity contribution in [2.75, 3.05) is 5.32 Å². The fourth-order valence-electron chi connectivity index (χ4n) is 3.15. The summed E-state index contributed by atoms with van der Waals surface area (Å²) in [7, 11) is 0. The van der Waals surface area contributed by atoms with E-state index in [0.717, 1.165) is 23.3 Å². The topological polar surface area (TPSA) is 15.3 Å². The number of nitrogens with zero attached hydrogens (tertiary/aromatic N) is 1. The summed E-state index contributed by atoms with van der Waals surface area (Å²) in [4.78, 5) is 2.35. The highest BCUT2D eigenvalue weighted by Crippen LogP contribution is 2.36. The molecule has 24 heavy (non-hydrogen) atoms. The summed E-state index contributed by atoms with van der Waals surface area (Å²) in [5, 5.41) is 4.30. The molecule has 2 aromatic rings. The molecule has 0 unspecified atom stereocenters. The van der Waals surface area contributed by atoms with Gasteiger partial charge >= 0.3 is 0 Å². The third-order valence-corrected chi connectivity index (χ3v) is 5.21. The zero-order valence-electron chi connectivity index (χ0n) is 14.8. The second-order valence-electron chi connectivity index (χ2n) is 6.94. The van der Waals surface area contributed by atoms with Gasteiger partial charge in [-0.3, -0.25) is 0 Å². The molecule has 0 saturated heterocycles. The minimum absolute atomic E-state index is 0.468. The summed E-state index contributed by atoms with van der Waals surface area (Å²) >= 11 is 5.79. The molecule has 0 heterocycles. The van der Waals surface area contributed by atoms with E-state index in [0.29, 0.717) is 6.04 Å². The fraction of sp³-hybridized carbons (Fsp3) is 0.381. The Morgan fingerprint density at radius 1 is 1.17 bits per heavy atom. The van der Waals surface area contributed by atoms with E-state index in [9.17, 15) is 0 Å². The first-order valence-corrected chi connectivity index (χ1v) is 9.14. The van der Waals surface area contributed by atoms with Gasteiger partial charge in [0, 0.05) is 18.3 Å². The van der Waals surface area contributed by atoms with Crippen LogP contribution in [0.25, 0.3) is 0 Å². The highest BCUT2D eigenvalue weighted by Gasteiger charge is 2.33. The van der Waals surface area contributed by atoms with Crippen LogP contribution in [0, 0.1) is 19.8 Å². The highest BCUT2D eigenvalue weighted by atomic mass is 32.1. The number of hydrogen-bond acceptors (Lipinski definition) is 1. The molecule has 1 N–H and O–H groups in total. The van der Waals surface area contributed by atoms with Gasteiger partial charge < -0.3 is 10.2 Å². The lowest BCUT2D eigenvalue weighted by atomic mass is 10.1. The fourth-order valence-corrected chi connectivity index (χ4v) is 3.50. The van der Waals surface area contributed by atoms with E-state index in [4.69, 9.17) is 12.2 Å². The molecule has 1 atom stereocenters. The lowest BCUT2D eigenvalue weighted by molar-refractivity contribution is 0.298. The number of thiocarbonyl (C=S) groups is 1. The molecule has 2 nitrogen and oxygen atoms in total. The molecule has 0 aliphatic heterocycles. The molecule has 0 amide bonds. The molecule has 3 heteroatoms. The predicted octanol–water partition coefficient (Wildman–Crippen LogP) is 5.30. The molecule has 0 radical (unpaired) electrons. The average molecular weight is 339 g/mol. The first kappa shape index (κ1) is 17.0. The van der Waals surface area contributed by atoms with Crippen molar-refractivity contribution in [2.24, 2.45) is 5.92 Å². The van der Waals surface area contributed by atoms with Gasteiger partial charge in [0.1, 0.15) is 0 Å². The first-order chi connectivity index (χ1) is 11.5. The van der Waals surface area contributed by atoms with Crippen molar-refractivity contribution < 1.29 is 0 Å². The molecule has 0 bridgehead atoms. The summed E-state index contributed by atoms with van der Waals surface area (Å²) in [6.45, 7) is 7.40. The Hall–Kier alpha value is -1.87. The van der Waals surface area contributed by atoms with Crippen LogP contribution in [0.15, 0.2) is 48.5 Å². The van der Waals surface area contributed by atoms with Gasteiger partial charge in [-0.25, -0.2) is 0 Å². The van der Waals surface area contributed by atoms with E-state index in [-0.39, 0.29) is 0 Å². The first-order valence-electron chi connectivity index (χ1n) is 8.73.